The Bertz CT molecular complexity index is 736. The Labute approximate surface area is 128 Å². The summed E-state index contributed by atoms with van der Waals surface area (Å²) >= 11 is 0. The summed E-state index contributed by atoms with van der Waals surface area (Å²) in [5, 5.41) is 14.0. The average Bonchev–Trinajstić information content (AvgIpc) is 2.87. The highest BCUT2D eigenvalue weighted by atomic mass is 16.4. The van der Waals surface area contributed by atoms with Crippen molar-refractivity contribution in [3.05, 3.63) is 23.5 Å². The number of carbonyl (C=O) groups excluding carboxylic acids is 1. The number of aliphatic carboxylic acids is 1. The summed E-state index contributed by atoms with van der Waals surface area (Å²) in [5.41, 5.74) is 1.74. The summed E-state index contributed by atoms with van der Waals surface area (Å²) in [5.74, 6) is -1.40. The Kier molecular flexibility index (Phi) is 4.16. The first-order valence-electron chi connectivity index (χ1n) is 7.08. The van der Waals surface area contributed by atoms with E-state index in [2.05, 4.69) is 10.1 Å². The van der Waals surface area contributed by atoms with E-state index in [4.69, 9.17) is 5.11 Å². The van der Waals surface area contributed by atoms with Crippen LogP contribution >= 0.6 is 0 Å². The third kappa shape index (κ3) is 2.66. The molecule has 0 saturated carbocycles. The lowest BCUT2D eigenvalue weighted by Gasteiger charge is -2.22. The van der Waals surface area contributed by atoms with Crippen molar-refractivity contribution in [3.8, 4) is 0 Å². The van der Waals surface area contributed by atoms with Crippen molar-refractivity contribution in [2.75, 3.05) is 7.05 Å². The standard InChI is InChI=1S/C15H20N4O3/c1-8(2)19-13-12(7-16-19)11(6-9(3)17-13)14(20)18(5)10(4)15(21)22/h6-8,10H,1-5H3,(H,21,22). The topological polar surface area (TPSA) is 88.3 Å². The largest absolute Gasteiger partial charge is 0.480 e. The van der Waals surface area contributed by atoms with E-state index >= 15 is 0 Å². The number of hydrogen-bond acceptors (Lipinski definition) is 4. The van der Waals surface area contributed by atoms with Gasteiger partial charge in [0.2, 0.25) is 0 Å². The number of fused-ring (bicyclic) bond motifs is 1. The molecule has 0 aromatic carbocycles. The minimum atomic E-state index is -1.05. The molecule has 0 bridgehead atoms. The maximum atomic E-state index is 12.6. The maximum absolute atomic E-state index is 12.6. The van der Waals surface area contributed by atoms with Gasteiger partial charge in [-0.05, 0) is 33.8 Å². The number of carbonyl (C=O) groups is 2. The number of rotatable bonds is 4. The molecule has 0 aliphatic carbocycles. The fourth-order valence-corrected chi connectivity index (χ4v) is 2.23. The SMILES string of the molecule is Cc1cc(C(=O)N(C)C(C)C(=O)O)c2cnn(C(C)C)c2n1. The van der Waals surface area contributed by atoms with Crippen LogP contribution in [0.2, 0.25) is 0 Å². The van der Waals surface area contributed by atoms with Gasteiger partial charge in [0, 0.05) is 18.8 Å². The second-order valence-corrected chi connectivity index (χ2v) is 5.66. The number of likely N-dealkylation sites (N-methyl/N-ethyl adjacent to an activating group) is 1. The molecule has 0 spiro atoms. The van der Waals surface area contributed by atoms with E-state index < -0.39 is 12.0 Å². The van der Waals surface area contributed by atoms with E-state index in [1.165, 1.54) is 18.9 Å². The molecule has 2 aromatic heterocycles. The number of nitrogens with zero attached hydrogens (tertiary/aromatic N) is 4. The van der Waals surface area contributed by atoms with Crippen molar-refractivity contribution in [2.24, 2.45) is 0 Å². The number of carboxylic acid groups (broad SMARTS) is 1. The van der Waals surface area contributed by atoms with Gasteiger partial charge in [0.1, 0.15) is 6.04 Å². The van der Waals surface area contributed by atoms with Crippen LogP contribution in [0.1, 0.15) is 42.9 Å². The minimum absolute atomic E-state index is 0.116. The molecule has 1 atom stereocenters. The molecule has 0 radical (unpaired) electrons. The summed E-state index contributed by atoms with van der Waals surface area (Å²) in [6.45, 7) is 7.24. The lowest BCUT2D eigenvalue weighted by molar-refractivity contribution is -0.141. The van der Waals surface area contributed by atoms with Gasteiger partial charge in [0.05, 0.1) is 17.1 Å². The molecule has 1 N–H and O–H groups in total. The van der Waals surface area contributed by atoms with Crippen LogP contribution in [-0.4, -0.2) is 49.7 Å². The fourth-order valence-electron chi connectivity index (χ4n) is 2.23. The molecule has 0 aliphatic rings. The number of aryl methyl sites for hydroxylation is 1. The Hall–Kier alpha value is -2.44. The first-order valence-corrected chi connectivity index (χ1v) is 7.08. The highest BCUT2D eigenvalue weighted by Crippen LogP contribution is 2.22. The van der Waals surface area contributed by atoms with Crippen molar-refractivity contribution >= 4 is 22.9 Å². The van der Waals surface area contributed by atoms with E-state index in [0.717, 1.165) is 0 Å². The highest BCUT2D eigenvalue weighted by Gasteiger charge is 2.25. The van der Waals surface area contributed by atoms with Crippen LogP contribution in [0.15, 0.2) is 12.3 Å². The van der Waals surface area contributed by atoms with Crippen LogP contribution in [0.5, 0.6) is 0 Å². The third-order valence-corrected chi connectivity index (χ3v) is 3.67. The highest BCUT2D eigenvalue weighted by molar-refractivity contribution is 6.06. The van der Waals surface area contributed by atoms with Crippen molar-refractivity contribution in [1.29, 1.82) is 0 Å². The zero-order valence-electron chi connectivity index (χ0n) is 13.4. The minimum Gasteiger partial charge on any atom is -0.480 e. The Morgan fingerprint density at radius 2 is 1.95 bits per heavy atom. The number of carboxylic acids is 1. The summed E-state index contributed by atoms with van der Waals surface area (Å²) < 4.78 is 1.75. The second-order valence-electron chi connectivity index (χ2n) is 5.66. The summed E-state index contributed by atoms with van der Waals surface area (Å²) in [6, 6.07) is 0.879. The first kappa shape index (κ1) is 15.9. The molecule has 1 amide bonds. The lowest BCUT2D eigenvalue weighted by atomic mass is 10.1. The molecule has 7 heteroatoms. The van der Waals surface area contributed by atoms with Gasteiger partial charge in [0.15, 0.2) is 5.65 Å². The Balaban J connectivity index is 2.56. The number of pyridine rings is 1. The van der Waals surface area contributed by atoms with Crippen molar-refractivity contribution in [2.45, 2.75) is 39.8 Å². The first-order chi connectivity index (χ1) is 10.2. The normalized spacial score (nSPS) is 12.6. The Morgan fingerprint density at radius 1 is 1.32 bits per heavy atom. The summed E-state index contributed by atoms with van der Waals surface area (Å²) in [4.78, 5) is 29.4. The smallest absolute Gasteiger partial charge is 0.326 e. The predicted molar refractivity (Wildman–Crippen MR) is 81.8 cm³/mol. The van der Waals surface area contributed by atoms with Crippen LogP contribution in [0.25, 0.3) is 11.0 Å². The quantitative estimate of drug-likeness (QED) is 0.931. The molecule has 22 heavy (non-hydrogen) atoms. The van der Waals surface area contributed by atoms with Crippen LogP contribution in [-0.2, 0) is 4.79 Å². The van der Waals surface area contributed by atoms with E-state index in [-0.39, 0.29) is 11.9 Å². The van der Waals surface area contributed by atoms with Crippen molar-refractivity contribution in [1.82, 2.24) is 19.7 Å². The van der Waals surface area contributed by atoms with Gasteiger partial charge in [-0.15, -0.1) is 0 Å². The number of aromatic nitrogens is 3. The zero-order valence-corrected chi connectivity index (χ0v) is 13.4. The van der Waals surface area contributed by atoms with E-state index in [1.54, 1.807) is 23.9 Å². The van der Waals surface area contributed by atoms with Gasteiger partial charge >= 0.3 is 5.97 Å². The summed E-state index contributed by atoms with van der Waals surface area (Å²) in [7, 11) is 1.48. The van der Waals surface area contributed by atoms with Gasteiger partial charge in [-0.25, -0.2) is 14.5 Å². The predicted octanol–water partition coefficient (Wildman–Crippen LogP) is 1.87. The monoisotopic (exact) mass is 304 g/mol. The second kappa shape index (κ2) is 5.75. The average molecular weight is 304 g/mol. The van der Waals surface area contributed by atoms with Crippen LogP contribution in [0.3, 0.4) is 0 Å². The molecule has 7 nitrogen and oxygen atoms in total. The fraction of sp³-hybridized carbons (Fsp3) is 0.467. The third-order valence-electron chi connectivity index (χ3n) is 3.67. The molecule has 0 saturated heterocycles. The van der Waals surface area contributed by atoms with Crippen LogP contribution in [0, 0.1) is 6.92 Å². The van der Waals surface area contributed by atoms with E-state index in [1.807, 2.05) is 13.8 Å². The van der Waals surface area contributed by atoms with E-state index in [0.29, 0.717) is 22.3 Å². The van der Waals surface area contributed by atoms with Gasteiger partial charge in [-0.2, -0.15) is 5.10 Å². The summed E-state index contributed by atoms with van der Waals surface area (Å²) in [6.07, 6.45) is 1.61. The van der Waals surface area contributed by atoms with Gasteiger partial charge in [0.25, 0.3) is 5.91 Å². The Morgan fingerprint density at radius 3 is 2.50 bits per heavy atom. The number of hydrogen-bond donors (Lipinski definition) is 1. The molecule has 2 rings (SSSR count). The van der Waals surface area contributed by atoms with E-state index in [9.17, 15) is 9.59 Å². The van der Waals surface area contributed by atoms with Crippen molar-refractivity contribution in [3.63, 3.8) is 0 Å². The van der Waals surface area contributed by atoms with Crippen molar-refractivity contribution < 1.29 is 14.7 Å². The van der Waals surface area contributed by atoms with Crippen LogP contribution < -0.4 is 0 Å². The molecular weight excluding hydrogens is 284 g/mol. The molecule has 0 fully saturated rings. The zero-order chi connectivity index (χ0) is 16.6. The molecular formula is C15H20N4O3. The lowest BCUT2D eigenvalue weighted by Crippen LogP contribution is -2.40. The molecule has 0 aliphatic heterocycles. The molecule has 2 heterocycles. The molecule has 1 unspecified atom stereocenters. The van der Waals surface area contributed by atoms with Crippen LogP contribution in [0.4, 0.5) is 0 Å². The van der Waals surface area contributed by atoms with Gasteiger partial charge in [-0.3, -0.25) is 4.79 Å². The molecule has 2 aromatic rings. The number of amides is 1. The van der Waals surface area contributed by atoms with Gasteiger partial charge in [-0.1, -0.05) is 0 Å². The molecule has 118 valence electrons. The maximum Gasteiger partial charge on any atom is 0.326 e. The van der Waals surface area contributed by atoms with Gasteiger partial charge < -0.3 is 10.0 Å².